The number of nitrogens with zero attached hydrogens (tertiary/aromatic N) is 5. The highest BCUT2D eigenvalue weighted by molar-refractivity contribution is 5.80. The second-order valence-electron chi connectivity index (χ2n) is 5.52. The van der Waals surface area contributed by atoms with Crippen molar-refractivity contribution >= 4 is 22.7 Å². The van der Waals surface area contributed by atoms with Crippen LogP contribution in [0, 0.1) is 6.92 Å². The number of nitrogens with one attached hydrogen (secondary N) is 1. The molecule has 3 rings (SSSR count). The Balaban J connectivity index is 2.17. The maximum atomic E-state index is 12.7. The van der Waals surface area contributed by atoms with Gasteiger partial charge in [0.15, 0.2) is 5.65 Å². The lowest BCUT2D eigenvalue weighted by molar-refractivity contribution is -0.122. The van der Waals surface area contributed by atoms with Gasteiger partial charge in [0.1, 0.15) is 12.4 Å². The molecule has 1 atom stereocenters. The summed E-state index contributed by atoms with van der Waals surface area (Å²) in [4.78, 5) is 29.2. The molecule has 23 heavy (non-hydrogen) atoms. The molecule has 0 radical (unpaired) electrons. The highest BCUT2D eigenvalue weighted by Gasteiger charge is 2.17. The van der Waals surface area contributed by atoms with Crippen LogP contribution in [0.15, 0.2) is 23.1 Å². The zero-order valence-electron chi connectivity index (χ0n) is 13.3. The van der Waals surface area contributed by atoms with Gasteiger partial charge in [0.25, 0.3) is 5.56 Å². The first-order valence-electron chi connectivity index (χ1n) is 7.51. The Hall–Kier alpha value is -2.77. The molecule has 3 heterocycles. The second-order valence-corrected chi connectivity index (χ2v) is 5.52. The smallest absolute Gasteiger partial charge is 0.297 e. The fraction of sp³-hybridized carbons (Fsp3) is 0.400. The van der Waals surface area contributed by atoms with E-state index in [9.17, 15) is 9.59 Å². The Morgan fingerprint density at radius 2 is 2.13 bits per heavy atom. The summed E-state index contributed by atoms with van der Waals surface area (Å²) in [6, 6.07) is 3.55. The zero-order valence-corrected chi connectivity index (χ0v) is 13.3. The average Bonchev–Trinajstić information content (AvgIpc) is 2.93. The van der Waals surface area contributed by atoms with Crippen LogP contribution in [0.1, 0.15) is 26.1 Å². The van der Waals surface area contributed by atoms with Gasteiger partial charge in [-0.3, -0.25) is 18.6 Å². The molecule has 1 amide bonds. The Morgan fingerprint density at radius 3 is 2.87 bits per heavy atom. The Labute approximate surface area is 132 Å². The number of rotatable bonds is 4. The molecule has 0 unspecified atom stereocenters. The largest absolute Gasteiger partial charge is 0.352 e. The number of fused-ring (bicyclic) bond motifs is 3. The van der Waals surface area contributed by atoms with Crippen LogP contribution in [0.3, 0.4) is 0 Å². The zero-order chi connectivity index (χ0) is 16.6. The highest BCUT2D eigenvalue weighted by atomic mass is 16.2. The van der Waals surface area contributed by atoms with E-state index >= 15 is 0 Å². The lowest BCUT2D eigenvalue weighted by Crippen LogP contribution is -2.37. The molecule has 120 valence electrons. The molecule has 0 saturated carbocycles. The summed E-state index contributed by atoms with van der Waals surface area (Å²) in [6.45, 7) is 5.59. The Morgan fingerprint density at radius 1 is 1.35 bits per heavy atom. The summed E-state index contributed by atoms with van der Waals surface area (Å²) in [6.07, 6.45) is 2.46. The van der Waals surface area contributed by atoms with Crippen LogP contribution >= 0.6 is 0 Å². The van der Waals surface area contributed by atoms with Crippen molar-refractivity contribution in [2.75, 3.05) is 0 Å². The lowest BCUT2D eigenvalue weighted by atomic mass is 10.2. The number of hydrogen-bond donors (Lipinski definition) is 1. The fourth-order valence-electron chi connectivity index (χ4n) is 2.48. The number of carbonyl (C=O) groups excluding carboxylic acids is 1. The van der Waals surface area contributed by atoms with Gasteiger partial charge in [-0.25, -0.2) is 4.98 Å². The van der Waals surface area contributed by atoms with Crippen molar-refractivity contribution in [3.8, 4) is 0 Å². The van der Waals surface area contributed by atoms with Crippen molar-refractivity contribution in [3.63, 3.8) is 0 Å². The first-order valence-corrected chi connectivity index (χ1v) is 7.51. The third-order valence-corrected chi connectivity index (χ3v) is 3.85. The monoisotopic (exact) mass is 314 g/mol. The van der Waals surface area contributed by atoms with Crippen LogP contribution in [0.4, 0.5) is 0 Å². The van der Waals surface area contributed by atoms with Crippen LogP contribution < -0.4 is 10.9 Å². The van der Waals surface area contributed by atoms with Crippen molar-refractivity contribution in [2.24, 2.45) is 0 Å². The van der Waals surface area contributed by atoms with Crippen molar-refractivity contribution < 1.29 is 4.79 Å². The Kier molecular flexibility index (Phi) is 3.81. The van der Waals surface area contributed by atoms with E-state index in [0.29, 0.717) is 17.0 Å². The normalized spacial score (nSPS) is 12.7. The van der Waals surface area contributed by atoms with E-state index in [4.69, 9.17) is 0 Å². The highest BCUT2D eigenvalue weighted by Crippen LogP contribution is 2.12. The molecule has 0 aliphatic rings. The third kappa shape index (κ3) is 2.56. The van der Waals surface area contributed by atoms with Gasteiger partial charge in [-0.05, 0) is 32.4 Å². The van der Waals surface area contributed by atoms with E-state index in [-0.39, 0.29) is 29.7 Å². The van der Waals surface area contributed by atoms with Crippen LogP contribution in [-0.4, -0.2) is 36.1 Å². The number of pyridine rings is 1. The molecule has 0 saturated heterocycles. The van der Waals surface area contributed by atoms with E-state index in [0.717, 1.165) is 6.42 Å². The third-order valence-electron chi connectivity index (χ3n) is 3.85. The van der Waals surface area contributed by atoms with Crippen molar-refractivity contribution in [3.05, 3.63) is 34.5 Å². The van der Waals surface area contributed by atoms with Crippen LogP contribution in [0.2, 0.25) is 0 Å². The summed E-state index contributed by atoms with van der Waals surface area (Å²) >= 11 is 0. The summed E-state index contributed by atoms with van der Waals surface area (Å²) in [5.41, 5.74) is 0.948. The maximum Gasteiger partial charge on any atom is 0.297 e. The quantitative estimate of drug-likeness (QED) is 0.763. The first kappa shape index (κ1) is 15.1. The topological polar surface area (TPSA) is 94.2 Å². The van der Waals surface area contributed by atoms with Crippen LogP contribution in [-0.2, 0) is 11.3 Å². The van der Waals surface area contributed by atoms with Gasteiger partial charge in [-0.2, -0.15) is 0 Å². The molecule has 8 heteroatoms. The van der Waals surface area contributed by atoms with Crippen molar-refractivity contribution in [2.45, 2.75) is 39.8 Å². The lowest BCUT2D eigenvalue weighted by Gasteiger charge is -2.14. The van der Waals surface area contributed by atoms with E-state index < -0.39 is 0 Å². The molecule has 0 aromatic carbocycles. The molecule has 1 N–H and O–H groups in total. The predicted octanol–water partition coefficient (Wildman–Crippen LogP) is 0.662. The molecular weight excluding hydrogens is 296 g/mol. The molecule has 0 bridgehead atoms. The summed E-state index contributed by atoms with van der Waals surface area (Å²) in [7, 11) is 0. The molecule has 3 aromatic rings. The number of carbonyl (C=O) groups is 1. The molecular formula is C15H18N6O2. The first-order chi connectivity index (χ1) is 11.0. The fourth-order valence-corrected chi connectivity index (χ4v) is 2.48. The predicted molar refractivity (Wildman–Crippen MR) is 85.2 cm³/mol. The number of aromatic nitrogens is 5. The van der Waals surface area contributed by atoms with Crippen molar-refractivity contribution in [1.29, 1.82) is 0 Å². The average molecular weight is 314 g/mol. The molecule has 0 aliphatic carbocycles. The summed E-state index contributed by atoms with van der Waals surface area (Å²) in [5, 5.41) is 10.7. The van der Waals surface area contributed by atoms with Gasteiger partial charge in [0.2, 0.25) is 11.6 Å². The van der Waals surface area contributed by atoms with Crippen molar-refractivity contribution in [1.82, 2.24) is 29.5 Å². The maximum absolute atomic E-state index is 12.7. The van der Waals surface area contributed by atoms with E-state index in [1.54, 1.807) is 29.7 Å². The van der Waals surface area contributed by atoms with E-state index in [2.05, 4.69) is 20.5 Å². The summed E-state index contributed by atoms with van der Waals surface area (Å²) < 4.78 is 3.00. The number of hydrogen-bond acceptors (Lipinski definition) is 5. The second kappa shape index (κ2) is 5.79. The molecule has 0 spiro atoms. The standard InChI is InChI=1S/C15H18N6O2/c1-4-9(2)17-12(22)8-20-11-6-5-7-16-13(11)21-10(3)18-19-14(21)15(20)23/h5-7,9H,4,8H2,1-3H3,(H,17,22)/t9-/m0/s1. The van der Waals surface area contributed by atoms with Gasteiger partial charge in [0.05, 0.1) is 5.52 Å². The van der Waals surface area contributed by atoms with Gasteiger partial charge in [-0.1, -0.05) is 6.92 Å². The minimum absolute atomic E-state index is 0.0571. The SMILES string of the molecule is CC[C@H](C)NC(=O)Cn1c(=O)c2nnc(C)n2c2ncccc21. The molecule has 0 aliphatic heterocycles. The van der Waals surface area contributed by atoms with Gasteiger partial charge in [0, 0.05) is 12.2 Å². The molecule has 8 nitrogen and oxygen atoms in total. The Bertz CT molecular complexity index is 942. The molecule has 3 aromatic heterocycles. The van der Waals surface area contributed by atoms with E-state index in [1.165, 1.54) is 4.57 Å². The van der Waals surface area contributed by atoms with Crippen LogP contribution in [0.25, 0.3) is 16.8 Å². The number of amides is 1. The minimum atomic E-state index is -0.356. The summed E-state index contributed by atoms with van der Waals surface area (Å²) in [5.74, 6) is 0.365. The van der Waals surface area contributed by atoms with E-state index in [1.807, 2.05) is 13.8 Å². The van der Waals surface area contributed by atoms with Gasteiger partial charge in [-0.15, -0.1) is 10.2 Å². The van der Waals surface area contributed by atoms with Gasteiger partial charge >= 0.3 is 0 Å². The minimum Gasteiger partial charge on any atom is -0.352 e. The molecule has 0 fully saturated rings. The number of aryl methyl sites for hydroxylation is 1. The van der Waals surface area contributed by atoms with Crippen LogP contribution in [0.5, 0.6) is 0 Å². The van der Waals surface area contributed by atoms with Gasteiger partial charge < -0.3 is 5.32 Å².